The van der Waals surface area contributed by atoms with Crippen molar-refractivity contribution in [2.75, 3.05) is 13.2 Å². The van der Waals surface area contributed by atoms with Crippen molar-refractivity contribution in [2.45, 2.75) is 18.4 Å². The molecule has 1 aromatic carbocycles. The van der Waals surface area contributed by atoms with Crippen molar-refractivity contribution in [1.29, 1.82) is 0 Å². The van der Waals surface area contributed by atoms with Crippen LogP contribution in [0, 0.1) is 0 Å². The molecule has 2 unspecified atom stereocenters. The van der Waals surface area contributed by atoms with E-state index in [9.17, 15) is 0 Å². The number of aliphatic hydroxyl groups is 1. The third-order valence-electron chi connectivity index (χ3n) is 2.62. The van der Waals surface area contributed by atoms with Crippen molar-refractivity contribution in [1.82, 2.24) is 0 Å². The second-order valence-corrected chi connectivity index (χ2v) is 3.40. The normalized spacial score (nSPS) is 27.8. The van der Waals surface area contributed by atoms with E-state index in [1.165, 1.54) is 5.56 Å². The van der Waals surface area contributed by atoms with Gasteiger partial charge in [0.1, 0.15) is 0 Å². The Balaban J connectivity index is 2.16. The van der Waals surface area contributed by atoms with E-state index in [4.69, 9.17) is 9.84 Å². The summed E-state index contributed by atoms with van der Waals surface area (Å²) in [7, 11) is 0. The van der Waals surface area contributed by atoms with Crippen molar-refractivity contribution in [3.8, 4) is 0 Å². The van der Waals surface area contributed by atoms with E-state index in [2.05, 4.69) is 12.1 Å². The number of ether oxygens (including phenoxy) is 1. The Morgan fingerprint density at radius 3 is 2.77 bits per heavy atom. The minimum Gasteiger partial charge on any atom is -0.394 e. The van der Waals surface area contributed by atoms with Crippen molar-refractivity contribution >= 4 is 0 Å². The monoisotopic (exact) mass is 178 g/mol. The number of aliphatic hydroxyl groups excluding tert-OH is 1. The van der Waals surface area contributed by atoms with Gasteiger partial charge in [0.15, 0.2) is 0 Å². The summed E-state index contributed by atoms with van der Waals surface area (Å²) in [6.45, 7) is 0.893. The third-order valence-corrected chi connectivity index (χ3v) is 2.62. The predicted molar refractivity (Wildman–Crippen MR) is 50.6 cm³/mol. The first kappa shape index (κ1) is 8.73. The van der Waals surface area contributed by atoms with Crippen LogP contribution in [0.1, 0.15) is 17.9 Å². The van der Waals surface area contributed by atoms with Crippen LogP contribution in [-0.2, 0) is 4.74 Å². The Morgan fingerprint density at radius 2 is 2.08 bits per heavy atom. The van der Waals surface area contributed by atoms with E-state index in [1.807, 2.05) is 18.2 Å². The van der Waals surface area contributed by atoms with Crippen molar-refractivity contribution in [2.24, 2.45) is 0 Å². The molecular weight excluding hydrogens is 164 g/mol. The van der Waals surface area contributed by atoms with Gasteiger partial charge in [0, 0.05) is 12.5 Å². The Morgan fingerprint density at radius 1 is 1.31 bits per heavy atom. The van der Waals surface area contributed by atoms with Gasteiger partial charge in [-0.25, -0.2) is 0 Å². The minimum absolute atomic E-state index is 0.00222. The molecule has 2 heteroatoms. The molecule has 1 N–H and O–H groups in total. The lowest BCUT2D eigenvalue weighted by molar-refractivity contribution is 0.0519. The molecule has 0 aromatic heterocycles. The highest BCUT2D eigenvalue weighted by molar-refractivity contribution is 5.21. The van der Waals surface area contributed by atoms with Gasteiger partial charge in [0.05, 0.1) is 12.7 Å². The summed E-state index contributed by atoms with van der Waals surface area (Å²) in [6.07, 6.45) is 1.03. The van der Waals surface area contributed by atoms with Gasteiger partial charge in [-0.1, -0.05) is 30.3 Å². The standard InChI is InChI=1S/C11H14O2/c12-8-11-10(6-7-13-11)9-4-2-1-3-5-9/h1-5,10-12H,6-8H2. The first-order valence-corrected chi connectivity index (χ1v) is 4.69. The molecule has 0 saturated carbocycles. The van der Waals surface area contributed by atoms with E-state index in [-0.39, 0.29) is 12.7 Å². The SMILES string of the molecule is OCC1OCCC1c1ccccc1. The molecule has 2 atom stereocenters. The van der Waals surface area contributed by atoms with Crippen LogP contribution >= 0.6 is 0 Å². The van der Waals surface area contributed by atoms with Crippen molar-refractivity contribution < 1.29 is 9.84 Å². The van der Waals surface area contributed by atoms with E-state index in [1.54, 1.807) is 0 Å². The smallest absolute Gasteiger partial charge is 0.0874 e. The van der Waals surface area contributed by atoms with Crippen LogP contribution in [0.5, 0.6) is 0 Å². The lowest BCUT2D eigenvalue weighted by atomic mass is 9.93. The lowest BCUT2D eigenvalue weighted by Crippen LogP contribution is -2.18. The lowest BCUT2D eigenvalue weighted by Gasteiger charge is -2.15. The molecule has 0 bridgehead atoms. The molecule has 1 aliphatic heterocycles. The van der Waals surface area contributed by atoms with Gasteiger partial charge in [-0.3, -0.25) is 0 Å². The molecule has 13 heavy (non-hydrogen) atoms. The van der Waals surface area contributed by atoms with E-state index in [0.717, 1.165) is 13.0 Å². The third kappa shape index (κ3) is 1.74. The van der Waals surface area contributed by atoms with Crippen LogP contribution in [0.2, 0.25) is 0 Å². The fourth-order valence-electron chi connectivity index (χ4n) is 1.91. The highest BCUT2D eigenvalue weighted by Crippen LogP contribution is 2.30. The summed E-state index contributed by atoms with van der Waals surface area (Å²) in [5, 5.41) is 9.07. The quantitative estimate of drug-likeness (QED) is 0.744. The number of benzene rings is 1. The number of hydrogen-bond acceptors (Lipinski definition) is 2. The minimum atomic E-state index is 0.00222. The highest BCUT2D eigenvalue weighted by atomic mass is 16.5. The maximum Gasteiger partial charge on any atom is 0.0874 e. The molecule has 1 aromatic rings. The van der Waals surface area contributed by atoms with E-state index in [0.29, 0.717) is 5.92 Å². The summed E-state index contributed by atoms with van der Waals surface area (Å²) in [4.78, 5) is 0. The van der Waals surface area contributed by atoms with Gasteiger partial charge in [0.2, 0.25) is 0 Å². The molecule has 1 heterocycles. The van der Waals surface area contributed by atoms with Crippen LogP contribution in [0.25, 0.3) is 0 Å². The fraction of sp³-hybridized carbons (Fsp3) is 0.455. The van der Waals surface area contributed by atoms with Crippen molar-refractivity contribution in [3.63, 3.8) is 0 Å². The molecule has 70 valence electrons. The molecule has 0 spiro atoms. The van der Waals surface area contributed by atoms with E-state index >= 15 is 0 Å². The summed E-state index contributed by atoms with van der Waals surface area (Å²) in [5.74, 6) is 0.381. The average Bonchev–Trinajstić information content (AvgIpc) is 2.67. The second-order valence-electron chi connectivity index (χ2n) is 3.40. The molecule has 2 nitrogen and oxygen atoms in total. The van der Waals surface area contributed by atoms with Crippen LogP contribution in [-0.4, -0.2) is 24.4 Å². The zero-order valence-corrected chi connectivity index (χ0v) is 7.52. The molecule has 1 saturated heterocycles. The van der Waals surface area contributed by atoms with Gasteiger partial charge >= 0.3 is 0 Å². The molecule has 1 fully saturated rings. The highest BCUT2D eigenvalue weighted by Gasteiger charge is 2.28. The first-order valence-electron chi connectivity index (χ1n) is 4.69. The van der Waals surface area contributed by atoms with Gasteiger partial charge in [-0.2, -0.15) is 0 Å². The Hall–Kier alpha value is -0.860. The number of rotatable bonds is 2. The zero-order valence-electron chi connectivity index (χ0n) is 7.52. The Labute approximate surface area is 78.2 Å². The van der Waals surface area contributed by atoms with Gasteiger partial charge in [-0.05, 0) is 12.0 Å². The maximum absolute atomic E-state index is 9.07. The predicted octanol–water partition coefficient (Wildman–Crippen LogP) is 1.55. The topological polar surface area (TPSA) is 29.5 Å². The average molecular weight is 178 g/mol. The fourth-order valence-corrected chi connectivity index (χ4v) is 1.91. The molecule has 0 aliphatic carbocycles. The molecule has 1 aliphatic rings. The van der Waals surface area contributed by atoms with Crippen LogP contribution < -0.4 is 0 Å². The molecule has 0 amide bonds. The molecular formula is C11H14O2. The summed E-state index contributed by atoms with van der Waals surface area (Å²) >= 11 is 0. The second kappa shape index (κ2) is 3.90. The Kier molecular flexibility index (Phi) is 2.62. The summed E-state index contributed by atoms with van der Waals surface area (Å²) in [5.41, 5.74) is 1.28. The Bertz CT molecular complexity index is 258. The van der Waals surface area contributed by atoms with Gasteiger partial charge in [0.25, 0.3) is 0 Å². The molecule has 0 radical (unpaired) electrons. The number of hydrogen-bond donors (Lipinski definition) is 1. The first-order chi connectivity index (χ1) is 6.42. The van der Waals surface area contributed by atoms with Gasteiger partial charge < -0.3 is 9.84 Å². The van der Waals surface area contributed by atoms with E-state index < -0.39 is 0 Å². The van der Waals surface area contributed by atoms with Crippen LogP contribution in [0.4, 0.5) is 0 Å². The maximum atomic E-state index is 9.07. The zero-order chi connectivity index (χ0) is 9.10. The van der Waals surface area contributed by atoms with Crippen LogP contribution in [0.3, 0.4) is 0 Å². The van der Waals surface area contributed by atoms with Crippen LogP contribution in [0.15, 0.2) is 30.3 Å². The van der Waals surface area contributed by atoms with Crippen molar-refractivity contribution in [3.05, 3.63) is 35.9 Å². The summed E-state index contributed by atoms with van der Waals surface area (Å²) < 4.78 is 5.42. The summed E-state index contributed by atoms with van der Waals surface area (Å²) in [6, 6.07) is 10.3. The largest absolute Gasteiger partial charge is 0.394 e. The van der Waals surface area contributed by atoms with Gasteiger partial charge in [-0.15, -0.1) is 0 Å². The molecule has 2 rings (SSSR count).